The molecule has 0 atom stereocenters. The van der Waals surface area contributed by atoms with Crippen LogP contribution in [-0.4, -0.2) is 51.1 Å². The van der Waals surface area contributed by atoms with Gasteiger partial charge in [0.25, 0.3) is 0 Å². The summed E-state index contributed by atoms with van der Waals surface area (Å²) in [5, 5.41) is 5.95. The van der Waals surface area contributed by atoms with E-state index in [4.69, 9.17) is 0 Å². The first kappa shape index (κ1) is 16.6. The minimum atomic E-state index is -0.223. The average Bonchev–Trinajstić information content (AvgIpc) is 2.41. The third-order valence-electron chi connectivity index (χ3n) is 2.89. The quantitative estimate of drug-likeness (QED) is 0.664. The molecule has 1 amide bonds. The first-order chi connectivity index (χ1) is 9.58. The predicted octanol–water partition coefficient (Wildman–Crippen LogP) is 1.03. The molecule has 0 aliphatic carbocycles. The second-order valence-electron chi connectivity index (χ2n) is 5.06. The third kappa shape index (κ3) is 7.86. The normalized spacial score (nSPS) is 10.8. The van der Waals surface area contributed by atoms with Gasteiger partial charge in [0.1, 0.15) is 5.82 Å². The first-order valence-electron chi connectivity index (χ1n) is 6.94. The molecule has 0 heterocycles. The summed E-state index contributed by atoms with van der Waals surface area (Å²) in [6, 6.07) is 6.43. The lowest BCUT2D eigenvalue weighted by Gasteiger charge is -2.10. The Morgan fingerprint density at radius 2 is 1.90 bits per heavy atom. The zero-order valence-electron chi connectivity index (χ0n) is 12.3. The molecule has 5 heteroatoms. The fourth-order valence-electron chi connectivity index (χ4n) is 1.77. The van der Waals surface area contributed by atoms with Crippen LogP contribution in [0, 0.1) is 5.82 Å². The summed E-state index contributed by atoms with van der Waals surface area (Å²) in [7, 11) is 4.03. The van der Waals surface area contributed by atoms with E-state index in [1.807, 2.05) is 14.1 Å². The Morgan fingerprint density at radius 1 is 1.20 bits per heavy atom. The Hall–Kier alpha value is -1.46. The molecular formula is C15H24FN3O. The Kier molecular flexibility index (Phi) is 7.84. The standard InChI is InChI=1S/C15H24FN3O/c1-19(2)11-3-9-18-15(20)12-17-10-8-13-4-6-14(16)7-5-13/h4-7,17H,3,8-12H2,1-2H3,(H,18,20). The van der Waals surface area contributed by atoms with Crippen LogP contribution in [0.3, 0.4) is 0 Å². The highest BCUT2D eigenvalue weighted by molar-refractivity contribution is 5.77. The summed E-state index contributed by atoms with van der Waals surface area (Å²) in [5.74, 6) is -0.207. The summed E-state index contributed by atoms with van der Waals surface area (Å²) in [5.41, 5.74) is 1.06. The van der Waals surface area contributed by atoms with Crippen molar-refractivity contribution in [3.05, 3.63) is 35.6 Å². The lowest BCUT2D eigenvalue weighted by Crippen LogP contribution is -2.35. The molecule has 0 aromatic heterocycles. The van der Waals surface area contributed by atoms with E-state index < -0.39 is 0 Å². The number of amides is 1. The fraction of sp³-hybridized carbons (Fsp3) is 0.533. The van der Waals surface area contributed by atoms with Crippen LogP contribution in [0.15, 0.2) is 24.3 Å². The lowest BCUT2D eigenvalue weighted by atomic mass is 10.1. The van der Waals surface area contributed by atoms with Gasteiger partial charge in [0.2, 0.25) is 5.91 Å². The monoisotopic (exact) mass is 281 g/mol. The zero-order chi connectivity index (χ0) is 14.8. The largest absolute Gasteiger partial charge is 0.355 e. The highest BCUT2D eigenvalue weighted by Crippen LogP contribution is 2.02. The topological polar surface area (TPSA) is 44.4 Å². The molecule has 0 fully saturated rings. The van der Waals surface area contributed by atoms with E-state index in [-0.39, 0.29) is 11.7 Å². The molecule has 20 heavy (non-hydrogen) atoms. The number of carbonyl (C=O) groups excluding carboxylic acids is 1. The van der Waals surface area contributed by atoms with Crippen LogP contribution in [0.5, 0.6) is 0 Å². The molecule has 0 aliphatic rings. The third-order valence-corrected chi connectivity index (χ3v) is 2.89. The van der Waals surface area contributed by atoms with Crippen molar-refractivity contribution in [3.8, 4) is 0 Å². The fourth-order valence-corrected chi connectivity index (χ4v) is 1.77. The van der Waals surface area contributed by atoms with Crippen molar-refractivity contribution in [2.45, 2.75) is 12.8 Å². The van der Waals surface area contributed by atoms with Crippen molar-refractivity contribution in [2.75, 3.05) is 40.3 Å². The molecule has 0 aliphatic heterocycles. The molecule has 1 rings (SSSR count). The van der Waals surface area contributed by atoms with Gasteiger partial charge < -0.3 is 15.5 Å². The van der Waals surface area contributed by atoms with Gasteiger partial charge in [-0.25, -0.2) is 4.39 Å². The van der Waals surface area contributed by atoms with Gasteiger partial charge in [-0.05, 0) is 57.7 Å². The highest BCUT2D eigenvalue weighted by atomic mass is 19.1. The second-order valence-corrected chi connectivity index (χ2v) is 5.06. The van der Waals surface area contributed by atoms with Gasteiger partial charge in [0, 0.05) is 6.54 Å². The molecule has 0 saturated carbocycles. The summed E-state index contributed by atoms with van der Waals surface area (Å²) in [6.07, 6.45) is 1.74. The van der Waals surface area contributed by atoms with Gasteiger partial charge in [-0.15, -0.1) is 0 Å². The van der Waals surface area contributed by atoms with Crippen LogP contribution in [0.25, 0.3) is 0 Å². The summed E-state index contributed by atoms with van der Waals surface area (Å²) < 4.78 is 12.7. The molecule has 4 nitrogen and oxygen atoms in total. The Balaban J connectivity index is 2.03. The van der Waals surface area contributed by atoms with Gasteiger partial charge in [-0.1, -0.05) is 12.1 Å². The molecule has 0 spiro atoms. The minimum absolute atomic E-state index is 0.0165. The molecule has 0 saturated heterocycles. The van der Waals surface area contributed by atoms with Crippen LogP contribution < -0.4 is 10.6 Å². The van der Waals surface area contributed by atoms with Gasteiger partial charge in [0.05, 0.1) is 6.54 Å². The summed E-state index contributed by atoms with van der Waals surface area (Å²) in [6.45, 7) is 2.70. The zero-order valence-corrected chi connectivity index (χ0v) is 12.3. The highest BCUT2D eigenvalue weighted by Gasteiger charge is 2.00. The van der Waals surface area contributed by atoms with Crippen molar-refractivity contribution >= 4 is 5.91 Å². The van der Waals surface area contributed by atoms with E-state index in [1.54, 1.807) is 12.1 Å². The lowest BCUT2D eigenvalue weighted by molar-refractivity contribution is -0.120. The van der Waals surface area contributed by atoms with E-state index in [2.05, 4.69) is 15.5 Å². The molecule has 0 unspecified atom stereocenters. The Labute approximate surface area is 120 Å². The summed E-state index contributed by atoms with van der Waals surface area (Å²) in [4.78, 5) is 13.6. The van der Waals surface area contributed by atoms with E-state index >= 15 is 0 Å². The molecule has 1 aromatic carbocycles. The maximum Gasteiger partial charge on any atom is 0.233 e. The van der Waals surface area contributed by atoms with E-state index in [9.17, 15) is 9.18 Å². The Bertz CT molecular complexity index is 393. The molecule has 1 aromatic rings. The number of hydrogen-bond donors (Lipinski definition) is 2. The number of carbonyl (C=O) groups is 1. The van der Waals surface area contributed by atoms with E-state index in [0.29, 0.717) is 19.6 Å². The number of hydrogen-bond acceptors (Lipinski definition) is 3. The number of halogens is 1. The van der Waals surface area contributed by atoms with Crippen molar-refractivity contribution in [1.29, 1.82) is 0 Å². The van der Waals surface area contributed by atoms with Crippen LogP contribution in [-0.2, 0) is 11.2 Å². The van der Waals surface area contributed by atoms with Gasteiger partial charge in [-0.3, -0.25) is 4.79 Å². The van der Waals surface area contributed by atoms with E-state index in [1.165, 1.54) is 12.1 Å². The van der Waals surface area contributed by atoms with Crippen molar-refractivity contribution < 1.29 is 9.18 Å². The SMILES string of the molecule is CN(C)CCCNC(=O)CNCCc1ccc(F)cc1. The van der Waals surface area contributed by atoms with Crippen molar-refractivity contribution in [1.82, 2.24) is 15.5 Å². The molecule has 112 valence electrons. The minimum Gasteiger partial charge on any atom is -0.355 e. The summed E-state index contributed by atoms with van der Waals surface area (Å²) >= 11 is 0. The van der Waals surface area contributed by atoms with Crippen LogP contribution in [0.1, 0.15) is 12.0 Å². The molecule has 0 radical (unpaired) electrons. The molecule has 0 bridgehead atoms. The predicted molar refractivity (Wildman–Crippen MR) is 79.2 cm³/mol. The second kappa shape index (κ2) is 9.44. The smallest absolute Gasteiger partial charge is 0.233 e. The molecular weight excluding hydrogens is 257 g/mol. The number of benzene rings is 1. The van der Waals surface area contributed by atoms with E-state index in [0.717, 1.165) is 24.9 Å². The van der Waals surface area contributed by atoms with Gasteiger partial charge in [0.15, 0.2) is 0 Å². The van der Waals surface area contributed by atoms with Gasteiger partial charge in [-0.2, -0.15) is 0 Å². The van der Waals surface area contributed by atoms with Crippen molar-refractivity contribution in [2.24, 2.45) is 0 Å². The van der Waals surface area contributed by atoms with Crippen LogP contribution in [0.4, 0.5) is 4.39 Å². The van der Waals surface area contributed by atoms with Crippen LogP contribution >= 0.6 is 0 Å². The average molecular weight is 281 g/mol. The maximum absolute atomic E-state index is 12.7. The molecule has 2 N–H and O–H groups in total. The van der Waals surface area contributed by atoms with Crippen LogP contribution in [0.2, 0.25) is 0 Å². The number of rotatable bonds is 9. The van der Waals surface area contributed by atoms with Gasteiger partial charge >= 0.3 is 0 Å². The Morgan fingerprint density at radius 3 is 2.55 bits per heavy atom. The number of nitrogens with one attached hydrogen (secondary N) is 2. The maximum atomic E-state index is 12.7. The number of nitrogens with zero attached hydrogens (tertiary/aromatic N) is 1. The first-order valence-corrected chi connectivity index (χ1v) is 6.94. The van der Waals surface area contributed by atoms with Crippen molar-refractivity contribution in [3.63, 3.8) is 0 Å².